The molecule has 0 spiro atoms. The maximum Gasteiger partial charge on any atom is 0.416 e. The van der Waals surface area contributed by atoms with E-state index < -0.39 is 21.8 Å². The number of nitrogens with zero attached hydrogens (tertiary/aromatic N) is 3. The van der Waals surface area contributed by atoms with Crippen molar-refractivity contribution in [2.45, 2.75) is 75.7 Å². The minimum atomic E-state index is -4.61. The molecule has 1 aliphatic heterocycles. The average molecular weight is 490 g/mol. The largest absolute Gasteiger partial charge is 0.416 e. The topological polar surface area (TPSA) is 60.9 Å². The highest BCUT2D eigenvalue weighted by Gasteiger charge is 2.45. The van der Waals surface area contributed by atoms with Crippen LogP contribution in [0.2, 0.25) is 0 Å². The zero-order valence-electron chi connectivity index (χ0n) is 19.9. The molecule has 2 fully saturated rings. The monoisotopic (exact) mass is 489 g/mol. The number of benzene rings is 1. The van der Waals surface area contributed by atoms with Gasteiger partial charge in [-0.15, -0.1) is 0 Å². The summed E-state index contributed by atoms with van der Waals surface area (Å²) in [6.45, 7) is 6.88. The summed E-state index contributed by atoms with van der Waals surface area (Å²) in [4.78, 5) is 16.6. The van der Waals surface area contributed by atoms with Gasteiger partial charge in [0.25, 0.3) is 0 Å². The second-order valence-electron chi connectivity index (χ2n) is 10.4. The van der Waals surface area contributed by atoms with Gasteiger partial charge in [-0.2, -0.15) is 17.5 Å². The third-order valence-electron chi connectivity index (χ3n) is 6.35. The molecule has 6 nitrogen and oxygen atoms in total. The normalized spacial score (nSPS) is 19.9. The fraction of sp³-hybridized carbons (Fsp3) is 0.696. The molecular weight excluding hydrogens is 455 g/mol. The van der Waals surface area contributed by atoms with Crippen molar-refractivity contribution in [3.05, 3.63) is 29.8 Å². The number of sulfonamides is 1. The van der Waals surface area contributed by atoms with Gasteiger partial charge in [0, 0.05) is 25.2 Å². The zero-order chi connectivity index (χ0) is 24.8. The van der Waals surface area contributed by atoms with Crippen LogP contribution in [-0.4, -0.2) is 73.7 Å². The highest BCUT2D eigenvalue weighted by atomic mass is 32.2. The number of amides is 1. The Bertz CT molecular complexity index is 961. The first kappa shape index (κ1) is 26.0. The molecule has 186 valence electrons. The summed E-state index contributed by atoms with van der Waals surface area (Å²) in [5, 5.41) is 0. The third-order valence-corrected chi connectivity index (χ3v) is 8.35. The van der Waals surface area contributed by atoms with Gasteiger partial charge in [-0.3, -0.25) is 9.69 Å². The van der Waals surface area contributed by atoms with Crippen molar-refractivity contribution in [1.82, 2.24) is 14.1 Å². The molecule has 1 aliphatic carbocycles. The molecule has 1 heterocycles. The Kier molecular flexibility index (Phi) is 7.23. The van der Waals surface area contributed by atoms with Crippen molar-refractivity contribution in [2.75, 3.05) is 27.2 Å². The number of piperidine rings is 1. The molecule has 1 aromatic rings. The van der Waals surface area contributed by atoms with Crippen LogP contribution >= 0.6 is 0 Å². The molecule has 1 aromatic carbocycles. The van der Waals surface area contributed by atoms with E-state index in [1.165, 1.54) is 10.4 Å². The number of hydrogen-bond acceptors (Lipinski definition) is 4. The van der Waals surface area contributed by atoms with Crippen LogP contribution in [-0.2, 0) is 21.0 Å². The van der Waals surface area contributed by atoms with E-state index in [-0.39, 0.29) is 34.3 Å². The van der Waals surface area contributed by atoms with Crippen LogP contribution in [0.4, 0.5) is 13.2 Å². The summed E-state index contributed by atoms with van der Waals surface area (Å²) in [5.41, 5.74) is -1.23. The Balaban J connectivity index is 1.78. The Morgan fingerprint density at radius 2 is 1.58 bits per heavy atom. The van der Waals surface area contributed by atoms with E-state index in [2.05, 4.69) is 0 Å². The van der Waals surface area contributed by atoms with E-state index in [9.17, 15) is 26.4 Å². The summed E-state index contributed by atoms with van der Waals surface area (Å²) >= 11 is 0. The predicted octanol–water partition coefficient (Wildman–Crippen LogP) is 3.83. The van der Waals surface area contributed by atoms with Crippen molar-refractivity contribution in [2.24, 2.45) is 5.41 Å². The van der Waals surface area contributed by atoms with Crippen LogP contribution in [0.3, 0.4) is 0 Å². The minimum Gasteiger partial charge on any atom is -0.341 e. The van der Waals surface area contributed by atoms with E-state index in [0.29, 0.717) is 44.8 Å². The predicted molar refractivity (Wildman–Crippen MR) is 120 cm³/mol. The van der Waals surface area contributed by atoms with Crippen LogP contribution in [0, 0.1) is 5.41 Å². The van der Waals surface area contributed by atoms with Gasteiger partial charge in [-0.1, -0.05) is 26.8 Å². The number of hydrogen-bond donors (Lipinski definition) is 0. The van der Waals surface area contributed by atoms with Crippen LogP contribution in [0.15, 0.2) is 29.2 Å². The van der Waals surface area contributed by atoms with Crippen LogP contribution in [0.5, 0.6) is 0 Å². The molecule has 0 N–H and O–H groups in total. The average Bonchev–Trinajstić information content (AvgIpc) is 3.51. The van der Waals surface area contributed by atoms with Crippen molar-refractivity contribution in [3.8, 4) is 0 Å². The number of likely N-dealkylation sites (N-methyl/N-ethyl adjacent to an activating group) is 1. The van der Waals surface area contributed by atoms with E-state index in [0.717, 1.165) is 12.1 Å². The lowest BCUT2D eigenvalue weighted by molar-refractivity contribution is -0.141. The summed E-state index contributed by atoms with van der Waals surface area (Å²) < 4.78 is 67.7. The number of carbonyl (C=O) groups excluding carboxylic acids is 1. The molecule has 0 bridgehead atoms. The quantitative estimate of drug-likeness (QED) is 0.610. The number of rotatable bonds is 6. The first-order chi connectivity index (χ1) is 15.1. The lowest BCUT2D eigenvalue weighted by Crippen LogP contribution is -2.56. The molecule has 1 saturated carbocycles. The lowest BCUT2D eigenvalue weighted by atomic mass is 9.84. The van der Waals surface area contributed by atoms with E-state index in [4.69, 9.17) is 0 Å². The Hall–Kier alpha value is -1.65. The van der Waals surface area contributed by atoms with E-state index in [1.807, 2.05) is 39.8 Å². The maximum atomic E-state index is 13.4. The van der Waals surface area contributed by atoms with Crippen molar-refractivity contribution < 1.29 is 26.4 Å². The maximum absolute atomic E-state index is 13.4. The van der Waals surface area contributed by atoms with Crippen LogP contribution in [0.25, 0.3) is 0 Å². The molecule has 3 rings (SSSR count). The van der Waals surface area contributed by atoms with Crippen LogP contribution < -0.4 is 0 Å². The molecule has 10 heteroatoms. The van der Waals surface area contributed by atoms with E-state index >= 15 is 0 Å². The molecule has 1 atom stereocenters. The van der Waals surface area contributed by atoms with Crippen molar-refractivity contribution in [3.63, 3.8) is 0 Å². The van der Waals surface area contributed by atoms with Gasteiger partial charge < -0.3 is 4.90 Å². The number of alkyl halides is 3. The number of carbonyl (C=O) groups is 1. The summed E-state index contributed by atoms with van der Waals surface area (Å²) in [5.74, 6) is 0.0182. The smallest absolute Gasteiger partial charge is 0.341 e. The Morgan fingerprint density at radius 1 is 1.03 bits per heavy atom. The summed E-state index contributed by atoms with van der Waals surface area (Å²) in [7, 11) is -0.345. The van der Waals surface area contributed by atoms with Gasteiger partial charge in [0.05, 0.1) is 16.5 Å². The third kappa shape index (κ3) is 5.71. The zero-order valence-corrected chi connectivity index (χ0v) is 20.7. The second-order valence-corrected chi connectivity index (χ2v) is 12.2. The van der Waals surface area contributed by atoms with Crippen molar-refractivity contribution in [1.29, 1.82) is 0 Å². The molecule has 1 saturated heterocycles. The van der Waals surface area contributed by atoms with Crippen molar-refractivity contribution >= 4 is 15.9 Å². The summed E-state index contributed by atoms with van der Waals surface area (Å²) in [6, 6.07) is 3.12. The highest BCUT2D eigenvalue weighted by Crippen LogP contribution is 2.38. The minimum absolute atomic E-state index is 0.0182. The van der Waals surface area contributed by atoms with Gasteiger partial charge in [-0.25, -0.2) is 8.42 Å². The van der Waals surface area contributed by atoms with Gasteiger partial charge >= 0.3 is 6.18 Å². The molecular formula is C23H34F3N3O3S. The molecule has 33 heavy (non-hydrogen) atoms. The van der Waals surface area contributed by atoms with E-state index in [1.54, 1.807) is 4.90 Å². The second kappa shape index (κ2) is 9.19. The van der Waals surface area contributed by atoms with Gasteiger partial charge in [0.1, 0.15) is 0 Å². The molecule has 1 amide bonds. The Labute approximate surface area is 194 Å². The SMILES string of the molecule is CN(C)C(C(=O)N1CCC(N(C2CC2)S(=O)(=O)c2cccc(C(F)(F)F)c2)CC1)C(C)(C)C. The highest BCUT2D eigenvalue weighted by molar-refractivity contribution is 7.89. The Morgan fingerprint density at radius 3 is 2.03 bits per heavy atom. The van der Waals surface area contributed by atoms with Gasteiger partial charge in [0.2, 0.25) is 15.9 Å². The lowest BCUT2D eigenvalue weighted by Gasteiger charge is -2.42. The first-order valence-electron chi connectivity index (χ1n) is 11.3. The fourth-order valence-corrected chi connectivity index (χ4v) is 6.83. The molecule has 0 aromatic heterocycles. The fourth-order valence-electron chi connectivity index (χ4n) is 4.85. The number of halogens is 3. The summed E-state index contributed by atoms with van der Waals surface area (Å²) in [6.07, 6.45) is -2.29. The first-order valence-corrected chi connectivity index (χ1v) is 12.7. The van der Waals surface area contributed by atoms with Gasteiger partial charge in [-0.05, 0) is 63.4 Å². The molecule has 2 aliphatic rings. The molecule has 0 radical (unpaired) electrons. The van der Waals surface area contributed by atoms with Crippen LogP contribution in [0.1, 0.15) is 52.0 Å². The molecule has 1 unspecified atom stereocenters. The number of likely N-dealkylation sites (tertiary alicyclic amines) is 1. The van der Waals surface area contributed by atoms with Gasteiger partial charge in [0.15, 0.2) is 0 Å². The standard InChI is InChI=1S/C23H34F3N3O3S/c1-22(2,3)20(27(4)5)21(30)28-13-11-18(12-14-28)29(17-9-10-17)33(31,32)19-8-6-7-16(15-19)23(24,25)26/h6-8,15,17-18,20H,9-14H2,1-5H3.